The predicted octanol–water partition coefficient (Wildman–Crippen LogP) is 2.47. The quantitative estimate of drug-likeness (QED) is 0.898. The van der Waals surface area contributed by atoms with Crippen molar-refractivity contribution in [2.24, 2.45) is 0 Å². The third-order valence-electron chi connectivity index (χ3n) is 3.26. The Hall–Kier alpha value is -1.13. The molecule has 0 aromatic heterocycles. The van der Waals surface area contributed by atoms with Gasteiger partial charge >= 0.3 is 0 Å². The first-order valence-electron chi connectivity index (χ1n) is 6.00. The van der Waals surface area contributed by atoms with Gasteiger partial charge in [0.2, 0.25) is 0 Å². The van der Waals surface area contributed by atoms with Gasteiger partial charge in [0.25, 0.3) is 5.91 Å². The molecule has 1 aliphatic heterocycles. The highest BCUT2D eigenvalue weighted by Crippen LogP contribution is 2.22. The van der Waals surface area contributed by atoms with Crippen molar-refractivity contribution in [3.8, 4) is 0 Å². The number of carbonyl (C=O) groups is 1. The summed E-state index contributed by atoms with van der Waals surface area (Å²) < 4.78 is 13.6. The number of piperidine rings is 1. The van der Waals surface area contributed by atoms with Crippen LogP contribution in [-0.2, 0) is 0 Å². The Morgan fingerprint density at radius 2 is 2.28 bits per heavy atom. The van der Waals surface area contributed by atoms with E-state index in [0.29, 0.717) is 11.6 Å². The minimum Gasteiger partial charge on any atom is -0.394 e. The summed E-state index contributed by atoms with van der Waals surface area (Å²) in [6, 6.07) is 3.72. The van der Waals surface area contributed by atoms with Crippen LogP contribution in [0.3, 0.4) is 0 Å². The number of hydrogen-bond donors (Lipinski definition) is 1. The number of halogens is 2. The number of nitrogens with zero attached hydrogens (tertiary/aromatic N) is 1. The van der Waals surface area contributed by atoms with Crippen molar-refractivity contribution in [2.45, 2.75) is 25.3 Å². The number of aliphatic hydroxyl groups is 1. The van der Waals surface area contributed by atoms with E-state index in [1.54, 1.807) is 0 Å². The number of benzene rings is 1. The lowest BCUT2D eigenvalue weighted by Gasteiger charge is -2.34. The Morgan fingerprint density at radius 1 is 1.50 bits per heavy atom. The molecule has 98 valence electrons. The van der Waals surface area contributed by atoms with Gasteiger partial charge in [0.1, 0.15) is 5.82 Å². The Balaban J connectivity index is 2.26. The number of amides is 1. The Bertz CT molecular complexity index is 453. The zero-order valence-electron chi connectivity index (χ0n) is 9.90. The molecule has 0 aliphatic carbocycles. The zero-order valence-corrected chi connectivity index (χ0v) is 10.7. The van der Waals surface area contributed by atoms with E-state index < -0.39 is 11.7 Å². The molecular formula is C13H15ClFNO2. The second-order valence-corrected chi connectivity index (χ2v) is 4.89. The lowest BCUT2D eigenvalue weighted by Crippen LogP contribution is -2.45. The van der Waals surface area contributed by atoms with E-state index in [2.05, 4.69) is 0 Å². The molecule has 1 amide bonds. The highest BCUT2D eigenvalue weighted by atomic mass is 35.5. The normalized spacial score (nSPS) is 19.9. The second-order valence-electron chi connectivity index (χ2n) is 4.45. The summed E-state index contributed by atoms with van der Waals surface area (Å²) in [7, 11) is 0. The van der Waals surface area contributed by atoms with Gasteiger partial charge in [-0.3, -0.25) is 4.79 Å². The van der Waals surface area contributed by atoms with Gasteiger partial charge in [0.15, 0.2) is 0 Å². The van der Waals surface area contributed by atoms with Crippen LogP contribution in [0.1, 0.15) is 29.6 Å². The molecule has 1 heterocycles. The van der Waals surface area contributed by atoms with E-state index >= 15 is 0 Å². The van der Waals surface area contributed by atoms with E-state index in [-0.39, 0.29) is 18.2 Å². The summed E-state index contributed by atoms with van der Waals surface area (Å²) in [4.78, 5) is 13.8. The molecule has 1 atom stereocenters. The van der Waals surface area contributed by atoms with Crippen LogP contribution < -0.4 is 0 Å². The van der Waals surface area contributed by atoms with Gasteiger partial charge in [-0.05, 0) is 37.5 Å². The Labute approximate surface area is 110 Å². The first-order valence-corrected chi connectivity index (χ1v) is 6.38. The van der Waals surface area contributed by atoms with Gasteiger partial charge in [0, 0.05) is 11.6 Å². The lowest BCUT2D eigenvalue weighted by atomic mass is 10.0. The van der Waals surface area contributed by atoms with Crippen LogP contribution in [0, 0.1) is 5.82 Å². The van der Waals surface area contributed by atoms with Crippen molar-refractivity contribution < 1.29 is 14.3 Å². The van der Waals surface area contributed by atoms with Crippen LogP contribution in [0.2, 0.25) is 5.02 Å². The van der Waals surface area contributed by atoms with E-state index in [1.807, 2.05) is 0 Å². The topological polar surface area (TPSA) is 40.5 Å². The van der Waals surface area contributed by atoms with Crippen molar-refractivity contribution >= 4 is 17.5 Å². The molecule has 1 N–H and O–H groups in total. The first-order chi connectivity index (χ1) is 8.63. The van der Waals surface area contributed by atoms with Gasteiger partial charge in [-0.1, -0.05) is 11.6 Å². The smallest absolute Gasteiger partial charge is 0.257 e. The van der Waals surface area contributed by atoms with Gasteiger partial charge in [-0.15, -0.1) is 0 Å². The van der Waals surface area contributed by atoms with Crippen molar-refractivity contribution in [3.63, 3.8) is 0 Å². The summed E-state index contributed by atoms with van der Waals surface area (Å²) in [5.74, 6) is -0.972. The molecule has 0 bridgehead atoms. The van der Waals surface area contributed by atoms with Crippen molar-refractivity contribution in [1.29, 1.82) is 0 Å². The first kappa shape index (κ1) is 13.3. The molecule has 2 rings (SSSR count). The molecule has 0 saturated carbocycles. The average molecular weight is 272 g/mol. The standard InChI is InChI=1S/C13H15ClFNO2/c14-9-4-5-12(15)11(7-9)13(18)16-6-2-1-3-10(16)8-17/h4-5,7,10,17H,1-3,6,8H2. The maximum absolute atomic E-state index is 13.6. The molecule has 1 aromatic carbocycles. The van der Waals surface area contributed by atoms with Crippen LogP contribution >= 0.6 is 11.6 Å². The molecule has 1 aromatic rings. The molecule has 5 heteroatoms. The maximum Gasteiger partial charge on any atom is 0.257 e. The fourth-order valence-electron chi connectivity index (χ4n) is 2.27. The van der Waals surface area contributed by atoms with Crippen LogP contribution in [0.15, 0.2) is 18.2 Å². The molecule has 18 heavy (non-hydrogen) atoms. The number of hydrogen-bond acceptors (Lipinski definition) is 2. The van der Waals surface area contributed by atoms with Crippen molar-refractivity contribution in [1.82, 2.24) is 4.90 Å². The number of likely N-dealkylation sites (tertiary alicyclic amines) is 1. The van der Waals surface area contributed by atoms with E-state index in [9.17, 15) is 14.3 Å². The van der Waals surface area contributed by atoms with Crippen molar-refractivity contribution in [3.05, 3.63) is 34.6 Å². The summed E-state index contributed by atoms with van der Waals surface area (Å²) >= 11 is 5.78. The third-order valence-corrected chi connectivity index (χ3v) is 3.49. The molecule has 1 aliphatic rings. The van der Waals surface area contributed by atoms with Gasteiger partial charge in [-0.25, -0.2) is 4.39 Å². The number of aliphatic hydroxyl groups excluding tert-OH is 1. The Morgan fingerprint density at radius 3 is 3.00 bits per heavy atom. The highest BCUT2D eigenvalue weighted by Gasteiger charge is 2.28. The van der Waals surface area contributed by atoms with Gasteiger partial charge in [-0.2, -0.15) is 0 Å². The van der Waals surface area contributed by atoms with Gasteiger partial charge < -0.3 is 10.0 Å². The van der Waals surface area contributed by atoms with Crippen LogP contribution in [-0.4, -0.2) is 35.1 Å². The molecule has 3 nitrogen and oxygen atoms in total. The molecule has 0 radical (unpaired) electrons. The van der Waals surface area contributed by atoms with E-state index in [4.69, 9.17) is 11.6 Å². The molecule has 0 spiro atoms. The lowest BCUT2D eigenvalue weighted by molar-refractivity contribution is 0.0498. The largest absolute Gasteiger partial charge is 0.394 e. The molecule has 1 saturated heterocycles. The number of carbonyl (C=O) groups excluding carboxylic acids is 1. The predicted molar refractivity (Wildman–Crippen MR) is 67.2 cm³/mol. The molecule has 1 fully saturated rings. The zero-order chi connectivity index (χ0) is 13.1. The van der Waals surface area contributed by atoms with Crippen LogP contribution in [0.4, 0.5) is 4.39 Å². The van der Waals surface area contributed by atoms with Crippen LogP contribution in [0.25, 0.3) is 0 Å². The third kappa shape index (κ3) is 2.65. The monoisotopic (exact) mass is 271 g/mol. The summed E-state index contributed by atoms with van der Waals surface area (Å²) in [6.07, 6.45) is 2.61. The van der Waals surface area contributed by atoms with Gasteiger partial charge in [0.05, 0.1) is 18.2 Å². The number of rotatable bonds is 2. The second kappa shape index (κ2) is 5.67. The fraction of sp³-hybridized carbons (Fsp3) is 0.462. The summed E-state index contributed by atoms with van der Waals surface area (Å²) in [6.45, 7) is 0.462. The van der Waals surface area contributed by atoms with Crippen molar-refractivity contribution in [2.75, 3.05) is 13.2 Å². The van der Waals surface area contributed by atoms with E-state index in [1.165, 1.54) is 23.1 Å². The SMILES string of the molecule is O=C(c1cc(Cl)ccc1F)N1CCCCC1CO. The average Bonchev–Trinajstić information content (AvgIpc) is 2.40. The van der Waals surface area contributed by atoms with Crippen LogP contribution in [0.5, 0.6) is 0 Å². The maximum atomic E-state index is 13.6. The molecular weight excluding hydrogens is 257 g/mol. The Kier molecular flexibility index (Phi) is 4.19. The summed E-state index contributed by atoms with van der Waals surface area (Å²) in [5.41, 5.74) is -0.0251. The fourth-order valence-corrected chi connectivity index (χ4v) is 2.45. The van der Waals surface area contributed by atoms with E-state index in [0.717, 1.165) is 19.3 Å². The minimum atomic E-state index is -0.577. The minimum absolute atomic E-state index is 0.0251. The molecule has 1 unspecified atom stereocenters. The summed E-state index contributed by atoms with van der Waals surface area (Å²) in [5, 5.41) is 9.60. The highest BCUT2D eigenvalue weighted by molar-refractivity contribution is 6.31.